The number of carbonyl (C=O) groups is 1. The van der Waals surface area contributed by atoms with Gasteiger partial charge in [0.25, 0.3) is 0 Å². The summed E-state index contributed by atoms with van der Waals surface area (Å²) >= 11 is 0. The number of hydrogen-bond acceptors (Lipinski definition) is 3. The van der Waals surface area contributed by atoms with Gasteiger partial charge in [0.1, 0.15) is 5.54 Å². The lowest BCUT2D eigenvalue weighted by atomic mass is 9.91. The molecule has 2 saturated carbocycles. The quantitative estimate of drug-likeness (QED) is 0.706. The fraction of sp³-hybridized carbons (Fsp3) is 0.923. The first-order valence-corrected chi connectivity index (χ1v) is 7.01. The Morgan fingerprint density at radius 3 is 2.35 bits per heavy atom. The highest BCUT2D eigenvalue weighted by molar-refractivity contribution is 5.86. The molecule has 3 aliphatic rings. The van der Waals surface area contributed by atoms with Crippen LogP contribution in [0.1, 0.15) is 38.5 Å². The Morgan fingerprint density at radius 2 is 1.88 bits per heavy atom. The standard InChI is InChI=1S/C13H23N3O/c14-12(17)13(10-3-4-10,15-11-5-6-11)9-16-7-1-2-8-16/h10-11,15H,1-9H2,(H2,14,17). The van der Waals surface area contributed by atoms with Gasteiger partial charge in [0.15, 0.2) is 0 Å². The molecule has 1 amide bonds. The van der Waals surface area contributed by atoms with Crippen LogP contribution >= 0.6 is 0 Å². The van der Waals surface area contributed by atoms with Crippen LogP contribution in [0, 0.1) is 5.92 Å². The lowest BCUT2D eigenvalue weighted by Crippen LogP contribution is -2.63. The van der Waals surface area contributed by atoms with E-state index in [0.717, 1.165) is 32.5 Å². The molecule has 2 aliphatic carbocycles. The zero-order chi connectivity index (χ0) is 11.9. The van der Waals surface area contributed by atoms with Crippen LogP contribution in [0.15, 0.2) is 0 Å². The summed E-state index contributed by atoms with van der Waals surface area (Å²) in [6.45, 7) is 3.10. The van der Waals surface area contributed by atoms with E-state index in [1.807, 2.05) is 0 Å². The number of likely N-dealkylation sites (tertiary alicyclic amines) is 1. The highest BCUT2D eigenvalue weighted by Crippen LogP contribution is 2.42. The Hall–Kier alpha value is -0.610. The molecule has 1 heterocycles. The van der Waals surface area contributed by atoms with Crippen molar-refractivity contribution >= 4 is 5.91 Å². The highest BCUT2D eigenvalue weighted by Gasteiger charge is 2.52. The Labute approximate surface area is 103 Å². The molecule has 0 aromatic rings. The average Bonchev–Trinajstić information content (AvgIpc) is 3.19. The first-order chi connectivity index (χ1) is 8.21. The van der Waals surface area contributed by atoms with E-state index in [0.29, 0.717) is 12.0 Å². The van der Waals surface area contributed by atoms with E-state index in [9.17, 15) is 4.79 Å². The molecule has 3 fully saturated rings. The van der Waals surface area contributed by atoms with Crippen LogP contribution in [0.4, 0.5) is 0 Å². The summed E-state index contributed by atoms with van der Waals surface area (Å²) in [5.74, 6) is 0.361. The Bertz CT molecular complexity index is 306. The minimum atomic E-state index is -0.425. The molecule has 0 radical (unpaired) electrons. The molecule has 96 valence electrons. The van der Waals surface area contributed by atoms with Gasteiger partial charge in [0.05, 0.1) is 0 Å². The highest BCUT2D eigenvalue weighted by atomic mass is 16.1. The molecule has 4 heteroatoms. The van der Waals surface area contributed by atoms with Crippen LogP contribution in [0.3, 0.4) is 0 Å². The van der Waals surface area contributed by atoms with Gasteiger partial charge in [0.2, 0.25) is 5.91 Å². The van der Waals surface area contributed by atoms with Crippen molar-refractivity contribution in [2.45, 2.75) is 50.1 Å². The normalized spacial score (nSPS) is 29.2. The van der Waals surface area contributed by atoms with Crippen LogP contribution in [-0.4, -0.2) is 42.0 Å². The van der Waals surface area contributed by atoms with Gasteiger partial charge in [-0.1, -0.05) is 0 Å². The molecule has 1 aliphatic heterocycles. The molecule has 1 atom stereocenters. The fourth-order valence-electron chi connectivity index (χ4n) is 3.10. The van der Waals surface area contributed by atoms with Crippen LogP contribution in [0.2, 0.25) is 0 Å². The van der Waals surface area contributed by atoms with Gasteiger partial charge in [-0.2, -0.15) is 0 Å². The number of nitrogens with two attached hydrogens (primary N) is 1. The maximum absolute atomic E-state index is 12.0. The summed E-state index contributed by atoms with van der Waals surface area (Å²) < 4.78 is 0. The molecule has 17 heavy (non-hydrogen) atoms. The lowest BCUT2D eigenvalue weighted by Gasteiger charge is -2.36. The average molecular weight is 237 g/mol. The predicted molar refractivity (Wildman–Crippen MR) is 66.5 cm³/mol. The molecular formula is C13H23N3O. The van der Waals surface area contributed by atoms with E-state index in [4.69, 9.17) is 5.73 Å². The molecule has 1 saturated heterocycles. The van der Waals surface area contributed by atoms with Crippen molar-refractivity contribution in [3.63, 3.8) is 0 Å². The number of carbonyl (C=O) groups excluding carboxylic acids is 1. The maximum atomic E-state index is 12.0. The van der Waals surface area contributed by atoms with Crippen LogP contribution in [0.25, 0.3) is 0 Å². The minimum Gasteiger partial charge on any atom is -0.368 e. The molecule has 3 N–H and O–H groups in total. The molecule has 1 unspecified atom stereocenters. The monoisotopic (exact) mass is 237 g/mol. The Morgan fingerprint density at radius 1 is 1.24 bits per heavy atom. The van der Waals surface area contributed by atoms with Gasteiger partial charge < -0.3 is 10.6 Å². The molecule has 0 aromatic carbocycles. The fourth-order valence-corrected chi connectivity index (χ4v) is 3.10. The molecular weight excluding hydrogens is 214 g/mol. The van der Waals surface area contributed by atoms with Crippen LogP contribution in [0.5, 0.6) is 0 Å². The summed E-state index contributed by atoms with van der Waals surface area (Å²) in [4.78, 5) is 14.4. The van der Waals surface area contributed by atoms with Crippen molar-refractivity contribution in [3.05, 3.63) is 0 Å². The number of primary amides is 1. The summed E-state index contributed by atoms with van der Waals surface area (Å²) in [7, 11) is 0. The van der Waals surface area contributed by atoms with Crippen molar-refractivity contribution in [2.24, 2.45) is 11.7 Å². The van der Waals surface area contributed by atoms with Crippen molar-refractivity contribution in [1.29, 1.82) is 0 Å². The van der Waals surface area contributed by atoms with Crippen molar-refractivity contribution in [1.82, 2.24) is 10.2 Å². The van der Waals surface area contributed by atoms with Crippen LogP contribution in [-0.2, 0) is 4.79 Å². The van der Waals surface area contributed by atoms with Gasteiger partial charge in [-0.05, 0) is 57.5 Å². The van der Waals surface area contributed by atoms with Gasteiger partial charge >= 0.3 is 0 Å². The third kappa shape index (κ3) is 2.33. The van der Waals surface area contributed by atoms with E-state index in [1.165, 1.54) is 25.7 Å². The molecule has 3 rings (SSSR count). The third-order valence-electron chi connectivity index (χ3n) is 4.42. The minimum absolute atomic E-state index is 0.126. The van der Waals surface area contributed by atoms with Crippen LogP contribution < -0.4 is 11.1 Å². The summed E-state index contributed by atoms with van der Waals surface area (Å²) in [6.07, 6.45) is 7.28. The number of nitrogens with one attached hydrogen (secondary N) is 1. The summed E-state index contributed by atoms with van der Waals surface area (Å²) in [6, 6.07) is 0.547. The van der Waals surface area contributed by atoms with E-state index < -0.39 is 5.54 Å². The number of amides is 1. The molecule has 4 nitrogen and oxygen atoms in total. The third-order valence-corrected chi connectivity index (χ3v) is 4.42. The Balaban J connectivity index is 1.74. The van der Waals surface area contributed by atoms with Gasteiger partial charge in [-0.15, -0.1) is 0 Å². The molecule has 0 aromatic heterocycles. The lowest BCUT2D eigenvalue weighted by molar-refractivity contribution is -0.126. The molecule has 0 bridgehead atoms. The second-order valence-corrected chi connectivity index (χ2v) is 6.01. The largest absolute Gasteiger partial charge is 0.368 e. The zero-order valence-corrected chi connectivity index (χ0v) is 10.5. The SMILES string of the molecule is NC(=O)C(CN1CCCC1)(NC1CC1)C1CC1. The predicted octanol–water partition coefficient (Wildman–Crippen LogP) is 0.468. The zero-order valence-electron chi connectivity index (χ0n) is 10.5. The van der Waals surface area contributed by atoms with Gasteiger partial charge in [0, 0.05) is 12.6 Å². The van der Waals surface area contributed by atoms with Gasteiger partial charge in [-0.3, -0.25) is 10.1 Å². The van der Waals surface area contributed by atoms with Crippen molar-refractivity contribution in [3.8, 4) is 0 Å². The van der Waals surface area contributed by atoms with Crippen molar-refractivity contribution in [2.75, 3.05) is 19.6 Å². The second-order valence-electron chi connectivity index (χ2n) is 6.01. The topological polar surface area (TPSA) is 58.4 Å². The van der Waals surface area contributed by atoms with Crippen molar-refractivity contribution < 1.29 is 4.79 Å². The smallest absolute Gasteiger partial charge is 0.239 e. The van der Waals surface area contributed by atoms with E-state index in [-0.39, 0.29) is 5.91 Å². The summed E-state index contributed by atoms with van der Waals surface area (Å²) in [5.41, 5.74) is 5.31. The van der Waals surface area contributed by atoms with E-state index in [2.05, 4.69) is 10.2 Å². The first kappa shape index (κ1) is 11.5. The van der Waals surface area contributed by atoms with E-state index in [1.54, 1.807) is 0 Å². The second kappa shape index (κ2) is 4.25. The first-order valence-electron chi connectivity index (χ1n) is 7.01. The van der Waals surface area contributed by atoms with Gasteiger partial charge in [-0.25, -0.2) is 0 Å². The number of rotatable bonds is 6. The van der Waals surface area contributed by atoms with E-state index >= 15 is 0 Å². The number of nitrogens with zero attached hydrogens (tertiary/aromatic N) is 1. The summed E-state index contributed by atoms with van der Waals surface area (Å²) in [5, 5.41) is 3.58. The maximum Gasteiger partial charge on any atom is 0.239 e. The molecule has 0 spiro atoms. The number of hydrogen-bond donors (Lipinski definition) is 2. The Kier molecular flexibility index (Phi) is 2.87.